The second kappa shape index (κ2) is 6.72. The molecule has 2 rings (SSSR count). The van der Waals surface area contributed by atoms with E-state index >= 15 is 0 Å². The minimum absolute atomic E-state index is 0.0505. The van der Waals surface area contributed by atoms with Gasteiger partial charge in [-0.1, -0.05) is 13.8 Å². The van der Waals surface area contributed by atoms with E-state index in [9.17, 15) is 9.90 Å². The molecular formula is C16H25NO2S. The summed E-state index contributed by atoms with van der Waals surface area (Å²) in [6.07, 6.45) is 3.75. The molecule has 0 spiro atoms. The third-order valence-electron chi connectivity index (χ3n) is 4.00. The van der Waals surface area contributed by atoms with E-state index in [0.717, 1.165) is 30.7 Å². The molecule has 0 aliphatic heterocycles. The molecule has 0 saturated heterocycles. The van der Waals surface area contributed by atoms with Gasteiger partial charge in [-0.15, -0.1) is 11.3 Å². The van der Waals surface area contributed by atoms with Crippen molar-refractivity contribution < 1.29 is 9.90 Å². The molecule has 2 N–H and O–H groups in total. The summed E-state index contributed by atoms with van der Waals surface area (Å²) in [5.74, 6) is 1.09. The fraction of sp³-hybridized carbons (Fsp3) is 0.688. The fourth-order valence-electron chi connectivity index (χ4n) is 2.90. The number of hydrogen-bond acceptors (Lipinski definition) is 3. The van der Waals surface area contributed by atoms with Gasteiger partial charge in [0, 0.05) is 16.8 Å². The monoisotopic (exact) mass is 295 g/mol. The summed E-state index contributed by atoms with van der Waals surface area (Å²) in [6.45, 7) is 6.75. The number of aliphatic hydroxyl groups is 1. The van der Waals surface area contributed by atoms with Crippen LogP contribution in [0.2, 0.25) is 0 Å². The number of nitrogens with one attached hydrogen (secondary N) is 1. The molecule has 1 aromatic rings. The van der Waals surface area contributed by atoms with E-state index in [0.29, 0.717) is 12.5 Å². The standard InChI is InChI=1S/C16H25NO2S/c1-10-4-5-13-14(9-20-15(13)7-10)16(19)17-8-11(2)6-12(3)18/h9-12,18H,4-8H2,1-3H3,(H,17,19). The Morgan fingerprint density at radius 2 is 2.30 bits per heavy atom. The number of carbonyl (C=O) groups is 1. The molecule has 3 nitrogen and oxygen atoms in total. The minimum atomic E-state index is -0.308. The summed E-state index contributed by atoms with van der Waals surface area (Å²) in [6, 6.07) is 0. The van der Waals surface area contributed by atoms with Crippen molar-refractivity contribution >= 4 is 17.2 Å². The highest BCUT2D eigenvalue weighted by molar-refractivity contribution is 7.10. The van der Waals surface area contributed by atoms with Gasteiger partial charge in [-0.05, 0) is 50.0 Å². The third-order valence-corrected chi connectivity index (χ3v) is 5.05. The molecule has 1 aliphatic carbocycles. The number of carbonyl (C=O) groups excluding carboxylic acids is 1. The molecule has 1 aromatic heterocycles. The highest BCUT2D eigenvalue weighted by atomic mass is 32.1. The first kappa shape index (κ1) is 15.5. The van der Waals surface area contributed by atoms with Crippen molar-refractivity contribution in [2.45, 2.75) is 52.6 Å². The highest BCUT2D eigenvalue weighted by Gasteiger charge is 2.23. The van der Waals surface area contributed by atoms with Crippen LogP contribution >= 0.6 is 11.3 Å². The summed E-state index contributed by atoms with van der Waals surface area (Å²) in [7, 11) is 0. The molecular weight excluding hydrogens is 270 g/mol. The van der Waals surface area contributed by atoms with Crippen LogP contribution in [-0.2, 0) is 12.8 Å². The lowest BCUT2D eigenvalue weighted by molar-refractivity contribution is 0.0938. The molecule has 0 fully saturated rings. The second-order valence-corrected chi connectivity index (χ2v) is 7.26. The van der Waals surface area contributed by atoms with Gasteiger partial charge < -0.3 is 10.4 Å². The Labute approximate surface area is 125 Å². The molecule has 3 unspecified atom stereocenters. The number of aliphatic hydroxyl groups excluding tert-OH is 1. The third kappa shape index (κ3) is 3.83. The van der Waals surface area contributed by atoms with E-state index < -0.39 is 0 Å². The van der Waals surface area contributed by atoms with Gasteiger partial charge >= 0.3 is 0 Å². The van der Waals surface area contributed by atoms with Crippen LogP contribution < -0.4 is 5.32 Å². The van der Waals surface area contributed by atoms with Crippen molar-refractivity contribution in [2.24, 2.45) is 11.8 Å². The molecule has 1 amide bonds. The molecule has 20 heavy (non-hydrogen) atoms. The molecule has 0 aromatic carbocycles. The zero-order valence-electron chi connectivity index (χ0n) is 12.6. The zero-order chi connectivity index (χ0) is 14.7. The lowest BCUT2D eigenvalue weighted by Crippen LogP contribution is -2.30. The van der Waals surface area contributed by atoms with Crippen LogP contribution in [0.4, 0.5) is 0 Å². The zero-order valence-corrected chi connectivity index (χ0v) is 13.4. The average molecular weight is 295 g/mol. The van der Waals surface area contributed by atoms with Gasteiger partial charge in [0.1, 0.15) is 0 Å². The van der Waals surface area contributed by atoms with Gasteiger partial charge in [-0.25, -0.2) is 0 Å². The first-order valence-corrected chi connectivity index (χ1v) is 8.40. The largest absolute Gasteiger partial charge is 0.393 e. The number of rotatable bonds is 5. The molecule has 4 heteroatoms. The lowest BCUT2D eigenvalue weighted by Gasteiger charge is -2.19. The van der Waals surface area contributed by atoms with Crippen molar-refractivity contribution in [1.82, 2.24) is 5.32 Å². The summed E-state index contributed by atoms with van der Waals surface area (Å²) < 4.78 is 0. The quantitative estimate of drug-likeness (QED) is 0.877. The molecule has 3 atom stereocenters. The molecule has 112 valence electrons. The van der Waals surface area contributed by atoms with Crippen molar-refractivity contribution in [3.8, 4) is 0 Å². The number of fused-ring (bicyclic) bond motifs is 1. The van der Waals surface area contributed by atoms with Gasteiger partial charge in [0.25, 0.3) is 5.91 Å². The highest BCUT2D eigenvalue weighted by Crippen LogP contribution is 2.32. The second-order valence-electron chi connectivity index (χ2n) is 6.30. The van der Waals surface area contributed by atoms with Crippen molar-refractivity contribution in [3.05, 3.63) is 21.4 Å². The first-order valence-electron chi connectivity index (χ1n) is 7.52. The Morgan fingerprint density at radius 1 is 1.55 bits per heavy atom. The summed E-state index contributed by atoms with van der Waals surface area (Å²) in [4.78, 5) is 13.7. The topological polar surface area (TPSA) is 49.3 Å². The minimum Gasteiger partial charge on any atom is -0.393 e. The summed E-state index contributed by atoms with van der Waals surface area (Å²) >= 11 is 1.73. The fourth-order valence-corrected chi connectivity index (χ4v) is 4.14. The Kier molecular flexibility index (Phi) is 5.22. The van der Waals surface area contributed by atoms with E-state index in [-0.39, 0.29) is 12.0 Å². The van der Waals surface area contributed by atoms with Crippen molar-refractivity contribution in [2.75, 3.05) is 6.54 Å². The summed E-state index contributed by atoms with van der Waals surface area (Å²) in [5.41, 5.74) is 2.15. The van der Waals surface area contributed by atoms with Crippen LogP contribution in [0, 0.1) is 11.8 Å². The van der Waals surface area contributed by atoms with Crippen molar-refractivity contribution in [3.63, 3.8) is 0 Å². The normalized spacial score (nSPS) is 21.1. The van der Waals surface area contributed by atoms with E-state index in [1.165, 1.54) is 16.9 Å². The van der Waals surface area contributed by atoms with Crippen molar-refractivity contribution in [1.29, 1.82) is 0 Å². The Bertz CT molecular complexity index is 467. The summed E-state index contributed by atoms with van der Waals surface area (Å²) in [5, 5.41) is 14.4. The Morgan fingerprint density at radius 3 is 3.00 bits per heavy atom. The van der Waals surface area contributed by atoms with E-state index in [4.69, 9.17) is 0 Å². The predicted molar refractivity (Wildman–Crippen MR) is 83.3 cm³/mol. The smallest absolute Gasteiger partial charge is 0.252 e. The van der Waals surface area contributed by atoms with E-state index in [1.807, 2.05) is 5.38 Å². The molecule has 0 bridgehead atoms. The van der Waals surface area contributed by atoms with Gasteiger partial charge in [-0.3, -0.25) is 4.79 Å². The van der Waals surface area contributed by atoms with Gasteiger partial charge in [0.15, 0.2) is 0 Å². The van der Waals surface area contributed by atoms with Crippen LogP contribution in [-0.4, -0.2) is 23.7 Å². The lowest BCUT2D eigenvalue weighted by atomic mass is 9.88. The number of amides is 1. The SMILES string of the molecule is CC(O)CC(C)CNC(=O)c1csc2c1CCC(C)C2. The average Bonchev–Trinajstić information content (AvgIpc) is 2.78. The maximum absolute atomic E-state index is 12.3. The molecule has 1 heterocycles. The van der Waals surface area contributed by atoms with Crippen LogP contribution in [0.1, 0.15) is 54.4 Å². The van der Waals surface area contributed by atoms with Crippen LogP contribution in [0.25, 0.3) is 0 Å². The van der Waals surface area contributed by atoms with Gasteiger partial charge in [0.2, 0.25) is 0 Å². The molecule has 1 aliphatic rings. The van der Waals surface area contributed by atoms with Crippen LogP contribution in [0.5, 0.6) is 0 Å². The maximum Gasteiger partial charge on any atom is 0.252 e. The Balaban J connectivity index is 1.93. The van der Waals surface area contributed by atoms with E-state index in [2.05, 4.69) is 19.2 Å². The van der Waals surface area contributed by atoms with E-state index in [1.54, 1.807) is 18.3 Å². The molecule has 0 saturated carbocycles. The number of thiophene rings is 1. The number of hydrogen-bond donors (Lipinski definition) is 2. The maximum atomic E-state index is 12.3. The van der Waals surface area contributed by atoms with Gasteiger partial charge in [-0.2, -0.15) is 0 Å². The van der Waals surface area contributed by atoms with Crippen LogP contribution in [0.15, 0.2) is 5.38 Å². The predicted octanol–water partition coefficient (Wildman–Crippen LogP) is 3.01. The first-order chi connectivity index (χ1) is 9.47. The van der Waals surface area contributed by atoms with Crippen LogP contribution in [0.3, 0.4) is 0 Å². The Hall–Kier alpha value is -0.870. The molecule has 0 radical (unpaired) electrons. The van der Waals surface area contributed by atoms with Gasteiger partial charge in [0.05, 0.1) is 11.7 Å².